The van der Waals surface area contributed by atoms with Crippen LogP contribution in [0.25, 0.3) is 6.08 Å². The van der Waals surface area contributed by atoms with Crippen molar-refractivity contribution >= 4 is 41.2 Å². The number of benzene rings is 2. The smallest absolute Gasteiger partial charge is 0.338 e. The van der Waals surface area contributed by atoms with Crippen molar-refractivity contribution in [2.45, 2.75) is 58.0 Å². The first kappa shape index (κ1) is 27.9. The average Bonchev–Trinajstić information content (AvgIpc) is 2.78. The molecule has 184 valence electrons. The molecule has 34 heavy (non-hydrogen) atoms. The number of rotatable bonds is 11. The summed E-state index contributed by atoms with van der Waals surface area (Å²) in [4.78, 5) is 25.0. The first-order chi connectivity index (χ1) is 16.1. The third-order valence-corrected chi connectivity index (χ3v) is 5.20. The number of esters is 2. The minimum absolute atomic E-state index is 0.00698. The normalized spacial score (nSPS) is 13.5. The van der Waals surface area contributed by atoms with E-state index in [-0.39, 0.29) is 13.2 Å². The Morgan fingerprint density at radius 3 is 2.38 bits per heavy atom. The molecule has 2 atom stereocenters. The number of carbonyl (C=O) groups is 2. The topological polar surface area (TPSA) is 82.1 Å². The summed E-state index contributed by atoms with van der Waals surface area (Å²) in [5.41, 5.74) is 0.846. The van der Waals surface area contributed by atoms with E-state index in [4.69, 9.17) is 37.4 Å². The molecule has 6 nitrogen and oxygen atoms in total. The first-order valence-electron chi connectivity index (χ1n) is 10.9. The van der Waals surface area contributed by atoms with E-state index in [0.717, 1.165) is 11.1 Å². The molecule has 0 fully saturated rings. The van der Waals surface area contributed by atoms with E-state index >= 15 is 0 Å². The highest BCUT2D eigenvalue weighted by Gasteiger charge is 2.37. The van der Waals surface area contributed by atoms with E-state index < -0.39 is 29.7 Å². The average molecular weight is 509 g/mol. The van der Waals surface area contributed by atoms with Crippen LogP contribution >= 0.6 is 23.2 Å². The SMILES string of the molecule is CC(C)(C)OC(=O)[C@H](O)[C@@H](OCCCC=Cc1ccc(Cl)c(Cl)c1)C(=O)OCc1ccccc1. The molecule has 0 saturated carbocycles. The van der Waals surface area contributed by atoms with Gasteiger partial charge in [-0.3, -0.25) is 0 Å². The predicted octanol–water partition coefficient (Wildman–Crippen LogP) is 5.62. The predicted molar refractivity (Wildman–Crippen MR) is 133 cm³/mol. The van der Waals surface area contributed by atoms with Gasteiger partial charge in [-0.05, 0) is 56.9 Å². The number of aliphatic hydroxyl groups is 1. The quantitative estimate of drug-likeness (QED) is 0.313. The first-order valence-corrected chi connectivity index (χ1v) is 11.7. The lowest BCUT2D eigenvalue weighted by molar-refractivity contribution is -0.185. The van der Waals surface area contributed by atoms with Gasteiger partial charge in [0.2, 0.25) is 0 Å². The molecular formula is C26H30Cl2O6. The van der Waals surface area contributed by atoms with Crippen molar-refractivity contribution in [3.05, 3.63) is 75.8 Å². The fraction of sp³-hybridized carbons (Fsp3) is 0.385. The number of halogens is 2. The van der Waals surface area contributed by atoms with Gasteiger partial charge in [0.25, 0.3) is 0 Å². The zero-order chi connectivity index (χ0) is 25.1. The van der Waals surface area contributed by atoms with Crippen LogP contribution in [0.2, 0.25) is 10.0 Å². The molecule has 0 heterocycles. The molecule has 2 aromatic rings. The molecule has 0 amide bonds. The highest BCUT2D eigenvalue weighted by Crippen LogP contribution is 2.23. The summed E-state index contributed by atoms with van der Waals surface area (Å²) in [6, 6.07) is 14.4. The summed E-state index contributed by atoms with van der Waals surface area (Å²) < 4.78 is 16.1. The number of hydrogen-bond donors (Lipinski definition) is 1. The van der Waals surface area contributed by atoms with Gasteiger partial charge in [-0.1, -0.05) is 71.8 Å². The number of allylic oxidation sites excluding steroid dienone is 1. The Bertz CT molecular complexity index is 969. The molecule has 8 heteroatoms. The highest BCUT2D eigenvalue weighted by atomic mass is 35.5. The third kappa shape index (κ3) is 9.85. The minimum atomic E-state index is -1.81. The highest BCUT2D eigenvalue weighted by molar-refractivity contribution is 6.42. The third-order valence-electron chi connectivity index (χ3n) is 4.46. The second-order valence-electron chi connectivity index (χ2n) is 8.58. The molecule has 0 unspecified atom stereocenters. The molecule has 1 N–H and O–H groups in total. The monoisotopic (exact) mass is 508 g/mol. The second kappa shape index (κ2) is 13.5. The molecule has 0 aliphatic heterocycles. The van der Waals surface area contributed by atoms with E-state index in [2.05, 4.69) is 0 Å². The van der Waals surface area contributed by atoms with Gasteiger partial charge in [-0.2, -0.15) is 0 Å². The Hall–Kier alpha value is -2.38. The molecule has 0 radical (unpaired) electrons. The molecule has 0 spiro atoms. The van der Waals surface area contributed by atoms with Crippen molar-refractivity contribution in [3.8, 4) is 0 Å². The maximum Gasteiger partial charge on any atom is 0.338 e. The van der Waals surface area contributed by atoms with Crippen molar-refractivity contribution in [3.63, 3.8) is 0 Å². The van der Waals surface area contributed by atoms with Crippen LogP contribution in [-0.4, -0.2) is 41.5 Å². The molecular weight excluding hydrogens is 479 g/mol. The van der Waals surface area contributed by atoms with Gasteiger partial charge in [0.1, 0.15) is 12.2 Å². The summed E-state index contributed by atoms with van der Waals surface area (Å²) in [6.45, 7) is 5.12. The molecule has 2 rings (SSSR count). The Kier molecular flexibility index (Phi) is 11.1. The number of carbonyl (C=O) groups excluding carboxylic acids is 2. The molecule has 2 aromatic carbocycles. The lowest BCUT2D eigenvalue weighted by Gasteiger charge is -2.25. The maximum atomic E-state index is 12.6. The van der Waals surface area contributed by atoms with E-state index in [0.29, 0.717) is 22.9 Å². The lowest BCUT2D eigenvalue weighted by atomic mass is 10.1. The fourth-order valence-electron chi connectivity index (χ4n) is 2.83. The Morgan fingerprint density at radius 2 is 1.74 bits per heavy atom. The van der Waals surface area contributed by atoms with Gasteiger partial charge in [0.15, 0.2) is 12.2 Å². The summed E-state index contributed by atoms with van der Waals surface area (Å²) in [7, 11) is 0. The number of aliphatic hydroxyl groups excluding tert-OH is 1. The molecule has 0 aliphatic carbocycles. The zero-order valence-corrected chi connectivity index (χ0v) is 21.0. The van der Waals surface area contributed by atoms with Gasteiger partial charge in [0.05, 0.1) is 10.0 Å². The van der Waals surface area contributed by atoms with E-state index in [9.17, 15) is 14.7 Å². The van der Waals surface area contributed by atoms with Crippen LogP contribution in [0, 0.1) is 0 Å². The van der Waals surface area contributed by atoms with Gasteiger partial charge in [0, 0.05) is 6.61 Å². The summed E-state index contributed by atoms with van der Waals surface area (Å²) in [6.07, 6.45) is 1.68. The molecule has 0 saturated heterocycles. The van der Waals surface area contributed by atoms with E-state index in [1.807, 2.05) is 36.4 Å². The molecule has 0 aliphatic rings. The van der Waals surface area contributed by atoms with Gasteiger partial charge in [-0.15, -0.1) is 0 Å². The number of hydrogen-bond acceptors (Lipinski definition) is 6. The fourth-order valence-corrected chi connectivity index (χ4v) is 3.14. The summed E-state index contributed by atoms with van der Waals surface area (Å²) in [5, 5.41) is 11.4. The van der Waals surface area contributed by atoms with Crippen LogP contribution in [0.3, 0.4) is 0 Å². The maximum absolute atomic E-state index is 12.6. The van der Waals surface area contributed by atoms with Crippen LogP contribution in [0.1, 0.15) is 44.7 Å². The summed E-state index contributed by atoms with van der Waals surface area (Å²) >= 11 is 11.9. The zero-order valence-electron chi connectivity index (χ0n) is 19.5. The van der Waals surface area contributed by atoms with Gasteiger partial charge in [-0.25, -0.2) is 9.59 Å². The number of ether oxygens (including phenoxy) is 3. The van der Waals surface area contributed by atoms with E-state index in [1.165, 1.54) is 0 Å². The van der Waals surface area contributed by atoms with Crippen LogP contribution < -0.4 is 0 Å². The molecule has 0 bridgehead atoms. The molecule has 0 aromatic heterocycles. The van der Waals surface area contributed by atoms with Crippen LogP contribution in [-0.2, 0) is 30.4 Å². The Morgan fingerprint density at radius 1 is 1.03 bits per heavy atom. The lowest BCUT2D eigenvalue weighted by Crippen LogP contribution is -2.45. The van der Waals surface area contributed by atoms with Crippen molar-refractivity contribution in [1.29, 1.82) is 0 Å². The Labute approximate surface area is 210 Å². The minimum Gasteiger partial charge on any atom is -0.459 e. The Balaban J connectivity index is 1.93. The van der Waals surface area contributed by atoms with Gasteiger partial charge < -0.3 is 19.3 Å². The van der Waals surface area contributed by atoms with Crippen molar-refractivity contribution in [2.75, 3.05) is 6.61 Å². The van der Waals surface area contributed by atoms with Crippen LogP contribution in [0.5, 0.6) is 0 Å². The van der Waals surface area contributed by atoms with Crippen molar-refractivity contribution < 1.29 is 28.9 Å². The van der Waals surface area contributed by atoms with Crippen LogP contribution in [0.4, 0.5) is 0 Å². The van der Waals surface area contributed by atoms with Crippen molar-refractivity contribution in [1.82, 2.24) is 0 Å². The summed E-state index contributed by atoms with van der Waals surface area (Å²) in [5.74, 6) is -1.79. The van der Waals surface area contributed by atoms with E-state index in [1.54, 1.807) is 45.0 Å². The number of unbranched alkanes of at least 4 members (excludes halogenated alkanes) is 1. The standard InChI is InChI=1S/C26H30Cl2O6/c1-26(2,3)34-24(30)22(29)23(25(31)33-17-19-11-6-4-7-12-19)32-15-9-5-8-10-18-13-14-20(27)21(28)16-18/h4,6-8,10-14,16,22-23,29H,5,9,15,17H2,1-3H3/t22-,23-/m1/s1. The van der Waals surface area contributed by atoms with Gasteiger partial charge >= 0.3 is 11.9 Å². The largest absolute Gasteiger partial charge is 0.459 e. The van der Waals surface area contributed by atoms with Crippen LogP contribution in [0.15, 0.2) is 54.6 Å². The second-order valence-corrected chi connectivity index (χ2v) is 9.40. The van der Waals surface area contributed by atoms with Crippen molar-refractivity contribution in [2.24, 2.45) is 0 Å².